The fraction of sp³-hybridized carbons (Fsp3) is 0.375. The van der Waals surface area contributed by atoms with Crippen LogP contribution in [0.2, 0.25) is 0 Å². The predicted octanol–water partition coefficient (Wildman–Crippen LogP) is 4.05. The van der Waals surface area contributed by atoms with Gasteiger partial charge >= 0.3 is 0 Å². The topological polar surface area (TPSA) is 88.9 Å². The Morgan fingerprint density at radius 2 is 1.84 bits per heavy atom. The van der Waals surface area contributed by atoms with Crippen LogP contribution >= 0.6 is 0 Å². The van der Waals surface area contributed by atoms with E-state index in [1.807, 2.05) is 31.2 Å². The molecule has 2 aromatic carbocycles. The molecule has 0 bridgehead atoms. The van der Waals surface area contributed by atoms with Gasteiger partial charge in [0.05, 0.1) is 11.5 Å². The third-order valence-electron chi connectivity index (χ3n) is 5.71. The number of para-hydroxylation sites is 1. The van der Waals surface area contributed by atoms with Gasteiger partial charge < -0.3 is 14.1 Å². The summed E-state index contributed by atoms with van der Waals surface area (Å²) in [6.45, 7) is 4.12. The molecule has 0 radical (unpaired) electrons. The van der Waals surface area contributed by atoms with E-state index in [2.05, 4.69) is 4.72 Å². The SMILES string of the molecule is CCCOc1ccc(S(=O)(=O)NCC2CCN(C(=O)c3cc4ccccc4o3)CC2)cc1. The Morgan fingerprint density at radius 3 is 2.53 bits per heavy atom. The van der Waals surface area contributed by atoms with Crippen molar-refractivity contribution in [3.05, 3.63) is 60.4 Å². The number of ether oxygens (including phenoxy) is 1. The molecule has 1 aliphatic heterocycles. The lowest BCUT2D eigenvalue weighted by Gasteiger charge is -2.31. The third kappa shape index (κ3) is 5.14. The number of carbonyl (C=O) groups excluding carboxylic acids is 1. The second-order valence-corrected chi connectivity index (χ2v) is 9.82. The van der Waals surface area contributed by atoms with Gasteiger partial charge in [-0.3, -0.25) is 4.79 Å². The van der Waals surface area contributed by atoms with Gasteiger partial charge in [-0.1, -0.05) is 25.1 Å². The second kappa shape index (κ2) is 9.75. The molecule has 170 valence electrons. The van der Waals surface area contributed by atoms with E-state index >= 15 is 0 Å². The highest BCUT2D eigenvalue weighted by atomic mass is 32.2. The minimum absolute atomic E-state index is 0.120. The molecule has 32 heavy (non-hydrogen) atoms. The minimum Gasteiger partial charge on any atom is -0.494 e. The first-order chi connectivity index (χ1) is 15.5. The van der Waals surface area contributed by atoms with Gasteiger partial charge in [-0.15, -0.1) is 0 Å². The summed E-state index contributed by atoms with van der Waals surface area (Å²) in [6.07, 6.45) is 2.36. The monoisotopic (exact) mass is 456 g/mol. The molecule has 8 heteroatoms. The van der Waals surface area contributed by atoms with Crippen molar-refractivity contribution < 1.29 is 22.4 Å². The first-order valence-corrected chi connectivity index (χ1v) is 12.4. The van der Waals surface area contributed by atoms with Crippen molar-refractivity contribution in [2.75, 3.05) is 26.2 Å². The number of fused-ring (bicyclic) bond motifs is 1. The molecule has 1 aromatic heterocycles. The largest absolute Gasteiger partial charge is 0.494 e. The summed E-state index contributed by atoms with van der Waals surface area (Å²) in [5, 5.41) is 0.908. The number of piperidine rings is 1. The maximum Gasteiger partial charge on any atom is 0.289 e. The molecule has 0 atom stereocenters. The van der Waals surface area contributed by atoms with E-state index in [4.69, 9.17) is 9.15 Å². The van der Waals surface area contributed by atoms with Crippen LogP contribution in [-0.4, -0.2) is 45.5 Å². The number of rotatable bonds is 8. The first kappa shape index (κ1) is 22.4. The Balaban J connectivity index is 1.28. The van der Waals surface area contributed by atoms with Crippen molar-refractivity contribution in [2.24, 2.45) is 5.92 Å². The zero-order chi connectivity index (χ0) is 22.6. The van der Waals surface area contributed by atoms with E-state index in [9.17, 15) is 13.2 Å². The van der Waals surface area contributed by atoms with Crippen LogP contribution in [0.4, 0.5) is 0 Å². The van der Waals surface area contributed by atoms with Gasteiger partial charge in [0.1, 0.15) is 11.3 Å². The Bertz CT molecular complexity index is 1130. The fourth-order valence-corrected chi connectivity index (χ4v) is 4.95. The molecule has 0 saturated carbocycles. The average molecular weight is 457 g/mol. The number of carbonyl (C=O) groups is 1. The van der Waals surface area contributed by atoms with Gasteiger partial charge in [0.2, 0.25) is 10.0 Å². The molecule has 2 heterocycles. The summed E-state index contributed by atoms with van der Waals surface area (Å²) in [5.74, 6) is 1.06. The van der Waals surface area contributed by atoms with Crippen molar-refractivity contribution in [2.45, 2.75) is 31.1 Å². The molecule has 1 N–H and O–H groups in total. The van der Waals surface area contributed by atoms with Gasteiger partial charge in [0, 0.05) is 25.0 Å². The lowest BCUT2D eigenvalue weighted by molar-refractivity contribution is 0.0662. The highest BCUT2D eigenvalue weighted by Gasteiger charge is 2.26. The number of hydrogen-bond donors (Lipinski definition) is 1. The molecule has 0 unspecified atom stereocenters. The Hall–Kier alpha value is -2.84. The molecule has 1 amide bonds. The van der Waals surface area contributed by atoms with E-state index < -0.39 is 10.0 Å². The van der Waals surface area contributed by atoms with Crippen molar-refractivity contribution in [3.63, 3.8) is 0 Å². The van der Waals surface area contributed by atoms with Crippen LogP contribution in [0.1, 0.15) is 36.7 Å². The van der Waals surface area contributed by atoms with Gasteiger partial charge in [-0.2, -0.15) is 0 Å². The summed E-state index contributed by atoms with van der Waals surface area (Å²) < 4.78 is 39.1. The van der Waals surface area contributed by atoms with Crippen LogP contribution in [0.5, 0.6) is 5.75 Å². The molecule has 7 nitrogen and oxygen atoms in total. The summed E-state index contributed by atoms with van der Waals surface area (Å²) in [6, 6.07) is 15.8. The smallest absolute Gasteiger partial charge is 0.289 e. The van der Waals surface area contributed by atoms with Crippen molar-refractivity contribution in [1.82, 2.24) is 9.62 Å². The van der Waals surface area contributed by atoms with Gasteiger partial charge in [-0.05, 0) is 61.6 Å². The molecule has 1 aliphatic rings. The standard InChI is InChI=1S/C24H28N2O5S/c1-2-15-30-20-7-9-21(10-8-20)32(28,29)25-17-18-11-13-26(14-12-18)24(27)23-16-19-5-3-4-6-22(19)31-23/h3-10,16,18,25H,2,11-15,17H2,1H3. The van der Waals surface area contributed by atoms with Gasteiger partial charge in [-0.25, -0.2) is 13.1 Å². The quantitative estimate of drug-likeness (QED) is 0.552. The van der Waals surface area contributed by atoms with E-state index in [1.54, 1.807) is 35.2 Å². The molecular formula is C24H28N2O5S. The first-order valence-electron chi connectivity index (χ1n) is 11.0. The average Bonchev–Trinajstić information content (AvgIpc) is 3.26. The van der Waals surface area contributed by atoms with Crippen LogP contribution in [0, 0.1) is 5.92 Å². The van der Waals surface area contributed by atoms with Crippen molar-refractivity contribution >= 4 is 26.9 Å². The van der Waals surface area contributed by atoms with E-state index in [0.717, 1.165) is 24.6 Å². The number of nitrogens with one attached hydrogen (secondary N) is 1. The zero-order valence-corrected chi connectivity index (χ0v) is 18.9. The number of hydrogen-bond acceptors (Lipinski definition) is 5. The van der Waals surface area contributed by atoms with Crippen molar-refractivity contribution in [1.29, 1.82) is 0 Å². The van der Waals surface area contributed by atoms with Gasteiger partial charge in [0.25, 0.3) is 5.91 Å². The zero-order valence-electron chi connectivity index (χ0n) is 18.1. The second-order valence-electron chi connectivity index (χ2n) is 8.06. The maximum atomic E-state index is 12.8. The molecule has 0 aliphatic carbocycles. The van der Waals surface area contributed by atoms with Crippen molar-refractivity contribution in [3.8, 4) is 5.75 Å². The molecule has 1 fully saturated rings. The summed E-state index contributed by atoms with van der Waals surface area (Å²) in [7, 11) is -3.59. The Labute approximate surface area is 188 Å². The summed E-state index contributed by atoms with van der Waals surface area (Å²) >= 11 is 0. The molecule has 0 spiro atoms. The Morgan fingerprint density at radius 1 is 1.12 bits per heavy atom. The number of benzene rings is 2. The number of likely N-dealkylation sites (tertiary alicyclic amines) is 1. The maximum absolute atomic E-state index is 12.8. The number of amides is 1. The lowest BCUT2D eigenvalue weighted by atomic mass is 9.97. The molecule has 1 saturated heterocycles. The van der Waals surface area contributed by atoms with Crippen LogP contribution in [-0.2, 0) is 10.0 Å². The summed E-state index contributed by atoms with van der Waals surface area (Å²) in [5.41, 5.74) is 0.699. The molecular weight excluding hydrogens is 428 g/mol. The predicted molar refractivity (Wildman–Crippen MR) is 122 cm³/mol. The van der Waals surface area contributed by atoms with E-state index in [1.165, 1.54) is 0 Å². The van der Waals surface area contributed by atoms with Gasteiger partial charge in [0.15, 0.2) is 5.76 Å². The van der Waals surface area contributed by atoms with Crippen LogP contribution in [0.15, 0.2) is 63.9 Å². The molecule has 4 rings (SSSR count). The third-order valence-corrected chi connectivity index (χ3v) is 7.15. The van der Waals surface area contributed by atoms with Crippen LogP contribution in [0.25, 0.3) is 11.0 Å². The van der Waals surface area contributed by atoms with E-state index in [-0.39, 0.29) is 16.7 Å². The Kier molecular flexibility index (Phi) is 6.81. The normalized spacial score (nSPS) is 15.2. The fourth-order valence-electron chi connectivity index (χ4n) is 3.83. The summed E-state index contributed by atoms with van der Waals surface area (Å²) in [4.78, 5) is 14.8. The minimum atomic E-state index is -3.59. The van der Waals surface area contributed by atoms with Crippen LogP contribution < -0.4 is 9.46 Å². The highest BCUT2D eigenvalue weighted by molar-refractivity contribution is 7.89. The highest BCUT2D eigenvalue weighted by Crippen LogP contribution is 2.24. The number of sulfonamides is 1. The van der Waals surface area contributed by atoms with E-state index in [0.29, 0.717) is 43.3 Å². The molecule has 3 aromatic rings. The number of furan rings is 1. The number of nitrogens with zero attached hydrogens (tertiary/aromatic N) is 1. The van der Waals surface area contributed by atoms with Crippen LogP contribution in [0.3, 0.4) is 0 Å². The lowest BCUT2D eigenvalue weighted by Crippen LogP contribution is -2.41.